The van der Waals surface area contributed by atoms with Gasteiger partial charge in [0, 0.05) is 7.92 Å². The first kappa shape index (κ1) is 33.5. The SMILES string of the molecule is C(CCB1C2CCCC1CCC2)CC[PH+](CCCCCB1C2CCCC1CCC2)CCCCCB1C2CCCC1CCC2. The number of unbranched alkanes of at least 4 members (excludes halogenated alkanes) is 6. The minimum atomic E-state index is -0.103. The quantitative estimate of drug-likeness (QED) is 0.0829. The summed E-state index contributed by atoms with van der Waals surface area (Å²) >= 11 is 0. The van der Waals surface area contributed by atoms with Crippen molar-refractivity contribution in [2.24, 2.45) is 0 Å². The Labute approximate surface area is 273 Å². The molecule has 0 aromatic carbocycles. The molecular formula is C39H73B3P+. The molecule has 6 aliphatic heterocycles. The van der Waals surface area contributed by atoms with Crippen LogP contribution >= 0.6 is 7.92 Å². The van der Waals surface area contributed by atoms with Crippen LogP contribution < -0.4 is 0 Å². The topological polar surface area (TPSA) is 0 Å². The number of rotatable bonds is 18. The van der Waals surface area contributed by atoms with Crippen LogP contribution in [0.4, 0.5) is 0 Å². The second-order valence-corrected chi connectivity index (χ2v) is 20.7. The molecule has 0 spiro atoms. The second-order valence-electron chi connectivity index (χ2n) is 17.7. The van der Waals surface area contributed by atoms with E-state index in [1.165, 1.54) is 0 Å². The fraction of sp³-hybridized carbons (Fsp3) is 1.00. The van der Waals surface area contributed by atoms with Crippen molar-refractivity contribution < 1.29 is 0 Å². The second kappa shape index (κ2) is 18.2. The highest BCUT2D eigenvalue weighted by Gasteiger charge is 2.40. The summed E-state index contributed by atoms with van der Waals surface area (Å²) in [5.41, 5.74) is 0. The van der Waals surface area contributed by atoms with Gasteiger partial charge in [-0.2, -0.15) is 0 Å². The van der Waals surface area contributed by atoms with Gasteiger partial charge in [0.1, 0.15) is 20.1 Å². The lowest BCUT2D eigenvalue weighted by molar-refractivity contribution is 0.440. The smallest absolute Gasteiger partial charge is 0.0737 e. The Bertz CT molecular complexity index is 610. The molecular weight excluding hydrogens is 532 g/mol. The monoisotopic (exact) mass is 606 g/mol. The average molecular weight is 605 g/mol. The minimum absolute atomic E-state index is 0.103. The lowest BCUT2D eigenvalue weighted by Crippen LogP contribution is -2.34. The molecule has 0 atom stereocenters. The van der Waals surface area contributed by atoms with E-state index in [1.54, 1.807) is 211 Å². The van der Waals surface area contributed by atoms with Crippen molar-refractivity contribution in [2.75, 3.05) is 18.5 Å². The number of fused-ring (bicyclic) bond motifs is 6. The van der Waals surface area contributed by atoms with E-state index >= 15 is 0 Å². The molecule has 0 radical (unpaired) electrons. The zero-order valence-corrected chi connectivity index (χ0v) is 30.0. The van der Waals surface area contributed by atoms with Gasteiger partial charge in [-0.25, -0.2) is 0 Å². The molecule has 43 heavy (non-hydrogen) atoms. The van der Waals surface area contributed by atoms with Crippen molar-refractivity contribution in [1.82, 2.24) is 0 Å². The van der Waals surface area contributed by atoms with E-state index in [2.05, 4.69) is 0 Å². The van der Waals surface area contributed by atoms with Gasteiger partial charge >= 0.3 is 0 Å². The molecule has 6 bridgehead atoms. The molecule has 0 aromatic rings. The van der Waals surface area contributed by atoms with Gasteiger partial charge in [-0.3, -0.25) is 0 Å². The van der Waals surface area contributed by atoms with Gasteiger partial charge < -0.3 is 0 Å². The third kappa shape index (κ3) is 9.82. The molecule has 0 aliphatic carbocycles. The Morgan fingerprint density at radius 2 is 0.535 bits per heavy atom. The maximum Gasteiger partial charge on any atom is 0.146 e. The van der Waals surface area contributed by atoms with Crippen LogP contribution in [0.2, 0.25) is 53.9 Å². The fourth-order valence-corrected chi connectivity index (χ4v) is 16.0. The predicted molar refractivity (Wildman–Crippen MR) is 202 cm³/mol. The van der Waals surface area contributed by atoms with Gasteiger partial charge in [-0.1, -0.05) is 208 Å². The summed E-state index contributed by atoms with van der Waals surface area (Å²) in [6.45, 7) is 3.42. The molecule has 6 rings (SSSR count). The third-order valence-electron chi connectivity index (χ3n) is 15.2. The van der Waals surface area contributed by atoms with Crippen LogP contribution in [-0.4, -0.2) is 38.6 Å². The molecule has 6 fully saturated rings. The van der Waals surface area contributed by atoms with Crippen molar-refractivity contribution in [3.63, 3.8) is 0 Å². The van der Waals surface area contributed by atoms with Crippen molar-refractivity contribution in [1.29, 1.82) is 0 Å². The first-order valence-electron chi connectivity index (χ1n) is 21.2. The summed E-state index contributed by atoms with van der Waals surface area (Å²) in [7, 11) is -0.103. The Balaban J connectivity index is 0.881. The van der Waals surface area contributed by atoms with Crippen LogP contribution in [-0.2, 0) is 0 Å². The van der Waals surface area contributed by atoms with Crippen LogP contribution in [0.25, 0.3) is 0 Å². The molecule has 6 aliphatic rings. The summed E-state index contributed by atoms with van der Waals surface area (Å²) in [4.78, 5) is 0. The van der Waals surface area contributed by atoms with Crippen molar-refractivity contribution in [3.05, 3.63) is 0 Å². The van der Waals surface area contributed by atoms with E-state index < -0.39 is 0 Å². The molecule has 242 valence electrons. The molecule has 6 saturated heterocycles. The van der Waals surface area contributed by atoms with Crippen LogP contribution in [0.5, 0.6) is 0 Å². The molecule has 6 heterocycles. The van der Waals surface area contributed by atoms with Crippen molar-refractivity contribution in [3.8, 4) is 0 Å². The number of hydrogen-bond acceptors (Lipinski definition) is 0. The zero-order chi connectivity index (χ0) is 29.1. The van der Waals surface area contributed by atoms with Crippen LogP contribution in [0.3, 0.4) is 0 Å². The van der Waals surface area contributed by atoms with Gasteiger partial charge in [0.15, 0.2) is 0 Å². The van der Waals surface area contributed by atoms with E-state index in [9.17, 15) is 0 Å². The van der Waals surface area contributed by atoms with Gasteiger partial charge in [-0.05, 0) is 19.3 Å². The lowest BCUT2D eigenvalue weighted by atomic mass is 9.26. The Kier molecular flexibility index (Phi) is 14.2. The van der Waals surface area contributed by atoms with E-state index in [-0.39, 0.29) is 7.92 Å². The largest absolute Gasteiger partial charge is 0.146 e. The van der Waals surface area contributed by atoms with E-state index in [1.807, 2.05) is 0 Å². The summed E-state index contributed by atoms with van der Waals surface area (Å²) in [6, 6.07) is 0. The molecule has 0 aromatic heterocycles. The first-order chi connectivity index (χ1) is 21.3. The summed E-state index contributed by atoms with van der Waals surface area (Å²) in [6.07, 6.45) is 52.3. The molecule has 0 N–H and O–H groups in total. The molecule has 0 amide bonds. The van der Waals surface area contributed by atoms with Gasteiger partial charge in [-0.15, -0.1) is 0 Å². The predicted octanol–water partition coefficient (Wildman–Crippen LogP) is 13.5. The summed E-state index contributed by atoms with van der Waals surface area (Å²) in [5, 5.41) is 0. The van der Waals surface area contributed by atoms with Crippen molar-refractivity contribution in [2.45, 2.75) is 227 Å². The standard InChI is InChI=1S/C39H72B3P/c1(4-28-40-34-16-10-17-35(40)19-11-18-34)7-31-43(32-8-2-5-29-41-36-20-12-21-37(41)23-13-22-36)33-9-3-6-30-42-38-24-14-25-39(42)27-15-26-38/h34-39H,1-33H2/p+1. The van der Waals surface area contributed by atoms with Gasteiger partial charge in [0.25, 0.3) is 0 Å². The van der Waals surface area contributed by atoms with E-state index in [0.717, 1.165) is 55.0 Å². The summed E-state index contributed by atoms with van der Waals surface area (Å²) in [5.74, 6) is 6.80. The lowest BCUT2D eigenvalue weighted by Gasteiger charge is -2.40. The third-order valence-corrected chi connectivity index (χ3v) is 18.4. The van der Waals surface area contributed by atoms with Crippen LogP contribution in [0, 0.1) is 0 Å². The van der Waals surface area contributed by atoms with Gasteiger partial charge in [0.05, 0.1) is 18.5 Å². The molecule has 4 heteroatoms. The highest BCUT2D eigenvalue weighted by atomic mass is 31.1. The zero-order valence-electron chi connectivity index (χ0n) is 29.0. The Hall–Kier alpha value is 0.625. The Morgan fingerprint density at radius 3 is 0.767 bits per heavy atom. The minimum Gasteiger partial charge on any atom is -0.0737 e. The van der Waals surface area contributed by atoms with E-state index in [0.29, 0.717) is 0 Å². The normalized spacial score (nSPS) is 33.1. The molecule has 0 saturated carbocycles. The molecule has 0 unspecified atom stereocenters. The molecule has 0 nitrogen and oxygen atoms in total. The Morgan fingerprint density at radius 1 is 0.302 bits per heavy atom. The highest BCUT2D eigenvalue weighted by molar-refractivity contribution is 7.57. The van der Waals surface area contributed by atoms with Crippen LogP contribution in [0.15, 0.2) is 0 Å². The summed E-state index contributed by atoms with van der Waals surface area (Å²) < 4.78 is 0. The van der Waals surface area contributed by atoms with E-state index in [4.69, 9.17) is 0 Å². The maximum atomic E-state index is 1.67. The van der Waals surface area contributed by atoms with Gasteiger partial charge in [0.2, 0.25) is 0 Å². The maximum absolute atomic E-state index is 1.67. The van der Waals surface area contributed by atoms with Crippen molar-refractivity contribution >= 4 is 28.1 Å². The average Bonchev–Trinajstić information content (AvgIpc) is 2.99. The highest BCUT2D eigenvalue weighted by Crippen LogP contribution is 2.50. The first-order valence-corrected chi connectivity index (χ1v) is 23.3. The van der Waals surface area contributed by atoms with Crippen LogP contribution in [0.1, 0.15) is 173 Å². The fourth-order valence-electron chi connectivity index (χ4n) is 13.0. The number of hydrogen-bond donors (Lipinski definition) is 0.